The number of phenols is 1. The van der Waals surface area contributed by atoms with E-state index in [0.717, 1.165) is 10.4 Å². The lowest BCUT2D eigenvalue weighted by Gasteiger charge is -2.26. The molecule has 0 radical (unpaired) electrons. The van der Waals surface area contributed by atoms with Crippen LogP contribution in [0.2, 0.25) is 0 Å². The number of halogens is 1. The molecule has 1 N–H and O–H groups in total. The monoisotopic (exact) mass is 226 g/mol. The summed E-state index contributed by atoms with van der Waals surface area (Å²) in [6, 6.07) is 5.55. The first-order valence-electron chi connectivity index (χ1n) is 4.26. The Balaban J connectivity index is 2.31. The maximum atomic E-state index is 9.18. The fraction of sp³-hybridized carbons (Fsp3) is 0.400. The molecule has 1 aromatic rings. The van der Waals surface area contributed by atoms with Gasteiger partial charge in [0.1, 0.15) is 5.75 Å². The third kappa shape index (κ3) is 1.36. The lowest BCUT2D eigenvalue weighted by atomic mass is 9.80. The first-order chi connectivity index (χ1) is 5.77. The van der Waals surface area contributed by atoms with Crippen molar-refractivity contribution in [3.05, 3.63) is 28.2 Å². The Morgan fingerprint density at radius 2 is 2.08 bits per heavy atom. The molecular formula is C10H11BrO. The van der Waals surface area contributed by atoms with Gasteiger partial charge in [0.05, 0.1) is 0 Å². The van der Waals surface area contributed by atoms with Crippen molar-refractivity contribution in [1.82, 2.24) is 0 Å². The molecular weight excluding hydrogens is 216 g/mol. The lowest BCUT2D eigenvalue weighted by molar-refractivity contribution is 0.417. The Labute approximate surface area is 80.5 Å². The first kappa shape index (κ1) is 8.11. The van der Waals surface area contributed by atoms with Crippen molar-refractivity contribution in [1.29, 1.82) is 0 Å². The highest BCUT2D eigenvalue weighted by atomic mass is 79.9. The van der Waals surface area contributed by atoms with Gasteiger partial charge in [-0.15, -0.1) is 0 Å². The highest BCUT2D eigenvalue weighted by molar-refractivity contribution is 9.10. The number of hydrogen-bond acceptors (Lipinski definition) is 1. The molecule has 1 aliphatic carbocycles. The van der Waals surface area contributed by atoms with Gasteiger partial charge < -0.3 is 5.11 Å². The van der Waals surface area contributed by atoms with Crippen LogP contribution in [0.25, 0.3) is 0 Å². The summed E-state index contributed by atoms with van der Waals surface area (Å²) in [6.45, 7) is 0. The molecule has 2 heteroatoms. The van der Waals surface area contributed by atoms with Crippen molar-refractivity contribution in [3.8, 4) is 5.75 Å². The largest absolute Gasteiger partial charge is 0.508 e. The minimum atomic E-state index is 0.338. The molecule has 12 heavy (non-hydrogen) atoms. The van der Waals surface area contributed by atoms with Crippen molar-refractivity contribution in [2.24, 2.45) is 0 Å². The van der Waals surface area contributed by atoms with E-state index in [1.54, 1.807) is 12.1 Å². The molecule has 1 saturated carbocycles. The van der Waals surface area contributed by atoms with Gasteiger partial charge in [0.15, 0.2) is 0 Å². The molecule has 64 valence electrons. The summed E-state index contributed by atoms with van der Waals surface area (Å²) in [5.74, 6) is 1.06. The zero-order valence-electron chi connectivity index (χ0n) is 6.76. The van der Waals surface area contributed by atoms with Crippen LogP contribution in [0.15, 0.2) is 22.7 Å². The second-order valence-corrected chi connectivity index (χ2v) is 4.19. The first-order valence-corrected chi connectivity index (χ1v) is 5.05. The third-order valence-corrected chi connectivity index (χ3v) is 3.22. The molecule has 0 amide bonds. The number of rotatable bonds is 1. The summed E-state index contributed by atoms with van der Waals surface area (Å²) in [5, 5.41) is 9.18. The maximum Gasteiger partial charge on any atom is 0.116 e. The van der Waals surface area contributed by atoms with Crippen LogP contribution in [-0.4, -0.2) is 5.11 Å². The van der Waals surface area contributed by atoms with Gasteiger partial charge in [0, 0.05) is 4.47 Å². The molecule has 0 saturated heterocycles. The topological polar surface area (TPSA) is 20.2 Å². The zero-order valence-corrected chi connectivity index (χ0v) is 8.34. The van der Waals surface area contributed by atoms with Crippen molar-refractivity contribution in [3.63, 3.8) is 0 Å². The van der Waals surface area contributed by atoms with Crippen molar-refractivity contribution >= 4 is 15.9 Å². The number of aromatic hydroxyl groups is 1. The van der Waals surface area contributed by atoms with Gasteiger partial charge in [0.25, 0.3) is 0 Å². The molecule has 1 nitrogen and oxygen atoms in total. The minimum Gasteiger partial charge on any atom is -0.508 e. The molecule has 2 rings (SSSR count). The predicted octanol–water partition coefficient (Wildman–Crippen LogP) is 3.42. The van der Waals surface area contributed by atoms with Crippen LogP contribution in [0.1, 0.15) is 30.7 Å². The number of hydrogen-bond donors (Lipinski definition) is 1. The molecule has 1 aromatic carbocycles. The molecule has 0 heterocycles. The van der Waals surface area contributed by atoms with E-state index in [-0.39, 0.29) is 0 Å². The Morgan fingerprint density at radius 3 is 2.58 bits per heavy atom. The fourth-order valence-corrected chi connectivity index (χ4v) is 2.26. The number of phenolic OH excluding ortho intramolecular Hbond substituents is 1. The third-order valence-electron chi connectivity index (χ3n) is 2.53. The van der Waals surface area contributed by atoms with Crippen molar-refractivity contribution in [2.75, 3.05) is 0 Å². The second kappa shape index (κ2) is 3.09. The van der Waals surface area contributed by atoms with Gasteiger partial charge in [-0.1, -0.05) is 28.4 Å². The smallest absolute Gasteiger partial charge is 0.116 e. The highest BCUT2D eigenvalue weighted by Crippen LogP contribution is 2.40. The molecule has 1 fully saturated rings. The Hall–Kier alpha value is -0.500. The molecule has 0 aliphatic heterocycles. The van der Waals surface area contributed by atoms with Crippen molar-refractivity contribution in [2.45, 2.75) is 25.2 Å². The second-order valence-electron chi connectivity index (χ2n) is 3.33. The van der Waals surface area contributed by atoms with Gasteiger partial charge in [-0.25, -0.2) is 0 Å². The van der Waals surface area contributed by atoms with Crippen LogP contribution >= 0.6 is 15.9 Å². The fourth-order valence-electron chi connectivity index (χ4n) is 1.57. The summed E-state index contributed by atoms with van der Waals surface area (Å²) in [5.41, 5.74) is 1.35. The molecule has 0 unspecified atom stereocenters. The average molecular weight is 227 g/mol. The van der Waals surface area contributed by atoms with Crippen molar-refractivity contribution < 1.29 is 5.11 Å². The Morgan fingerprint density at radius 1 is 1.33 bits per heavy atom. The summed E-state index contributed by atoms with van der Waals surface area (Å²) in [7, 11) is 0. The van der Waals surface area contributed by atoms with E-state index in [0.29, 0.717) is 5.75 Å². The van der Waals surface area contributed by atoms with Crippen LogP contribution in [-0.2, 0) is 0 Å². The van der Waals surface area contributed by atoms with Gasteiger partial charge in [-0.3, -0.25) is 0 Å². The normalized spacial score (nSPS) is 17.4. The van der Waals surface area contributed by atoms with E-state index in [1.165, 1.54) is 24.8 Å². The van der Waals surface area contributed by atoms with Crippen LogP contribution in [0.3, 0.4) is 0 Å². The van der Waals surface area contributed by atoms with Crippen LogP contribution in [0, 0.1) is 0 Å². The average Bonchev–Trinajstić information content (AvgIpc) is 1.91. The highest BCUT2D eigenvalue weighted by Gasteiger charge is 2.21. The zero-order chi connectivity index (χ0) is 8.55. The van der Waals surface area contributed by atoms with Gasteiger partial charge in [-0.2, -0.15) is 0 Å². The standard InChI is InChI=1S/C10H11BrO/c11-10-6-8(12)4-5-9(10)7-2-1-3-7/h4-7,12H,1-3H2. The molecule has 0 bridgehead atoms. The lowest BCUT2D eigenvalue weighted by Crippen LogP contribution is -2.08. The van der Waals surface area contributed by atoms with E-state index in [1.807, 2.05) is 6.07 Å². The SMILES string of the molecule is Oc1ccc(C2CCC2)c(Br)c1. The van der Waals surface area contributed by atoms with Gasteiger partial charge >= 0.3 is 0 Å². The Kier molecular flexibility index (Phi) is 2.09. The minimum absolute atomic E-state index is 0.338. The van der Waals surface area contributed by atoms with E-state index >= 15 is 0 Å². The van der Waals surface area contributed by atoms with Crippen LogP contribution in [0.5, 0.6) is 5.75 Å². The molecule has 0 spiro atoms. The van der Waals surface area contributed by atoms with Gasteiger partial charge in [0.2, 0.25) is 0 Å². The molecule has 1 aliphatic rings. The van der Waals surface area contributed by atoms with Crippen LogP contribution < -0.4 is 0 Å². The molecule has 0 atom stereocenters. The number of benzene rings is 1. The summed E-state index contributed by atoms with van der Waals surface area (Å²) in [4.78, 5) is 0. The van der Waals surface area contributed by atoms with E-state index in [4.69, 9.17) is 0 Å². The predicted molar refractivity (Wildman–Crippen MR) is 52.4 cm³/mol. The van der Waals surface area contributed by atoms with E-state index < -0.39 is 0 Å². The summed E-state index contributed by atoms with van der Waals surface area (Å²) in [6.07, 6.45) is 3.94. The quantitative estimate of drug-likeness (QED) is 0.779. The van der Waals surface area contributed by atoms with E-state index in [2.05, 4.69) is 15.9 Å². The van der Waals surface area contributed by atoms with Gasteiger partial charge in [-0.05, 0) is 36.5 Å². The van der Waals surface area contributed by atoms with E-state index in [9.17, 15) is 5.11 Å². The maximum absolute atomic E-state index is 9.18. The Bertz CT molecular complexity index is 292. The van der Waals surface area contributed by atoms with Crippen LogP contribution in [0.4, 0.5) is 0 Å². The summed E-state index contributed by atoms with van der Waals surface area (Å²) < 4.78 is 1.05. The molecule has 0 aromatic heterocycles. The summed E-state index contributed by atoms with van der Waals surface area (Å²) >= 11 is 3.46.